The Morgan fingerprint density at radius 2 is 2.00 bits per heavy atom. The number of aromatic nitrogens is 2. The Balaban J connectivity index is 1.64. The average Bonchev–Trinajstić information content (AvgIpc) is 2.23. The Labute approximate surface area is 97.4 Å². The summed E-state index contributed by atoms with van der Waals surface area (Å²) in [5, 5.41) is 3.15. The molecule has 0 saturated heterocycles. The standard InChI is InChI=1S/C11H12FN3O2/c1-17-8(16)10-4-11(5-10,6-10)15-9-13-2-7(12)3-14-9/h2-3H,4-6H2,1H3,(H,13,14,15). The van der Waals surface area contributed by atoms with Crippen LogP contribution in [0.4, 0.5) is 10.3 Å². The first-order valence-electron chi connectivity index (χ1n) is 5.42. The maximum absolute atomic E-state index is 12.6. The van der Waals surface area contributed by atoms with Crippen molar-refractivity contribution in [1.82, 2.24) is 9.97 Å². The van der Waals surface area contributed by atoms with Gasteiger partial charge in [-0.3, -0.25) is 4.79 Å². The largest absolute Gasteiger partial charge is 0.469 e. The molecular formula is C11H12FN3O2. The van der Waals surface area contributed by atoms with E-state index in [2.05, 4.69) is 15.3 Å². The number of hydrogen-bond acceptors (Lipinski definition) is 5. The Kier molecular flexibility index (Phi) is 1.93. The van der Waals surface area contributed by atoms with Crippen molar-refractivity contribution in [2.45, 2.75) is 24.8 Å². The van der Waals surface area contributed by atoms with Crippen molar-refractivity contribution in [3.63, 3.8) is 0 Å². The number of hydrogen-bond donors (Lipinski definition) is 1. The van der Waals surface area contributed by atoms with Crippen LogP contribution in [0.3, 0.4) is 0 Å². The van der Waals surface area contributed by atoms with Crippen LogP contribution < -0.4 is 5.32 Å². The van der Waals surface area contributed by atoms with Gasteiger partial charge in [-0.2, -0.15) is 0 Å². The maximum atomic E-state index is 12.6. The molecule has 4 rings (SSSR count). The summed E-state index contributed by atoms with van der Waals surface area (Å²) in [5.74, 6) is -0.190. The van der Waals surface area contributed by atoms with E-state index in [1.165, 1.54) is 7.11 Å². The summed E-state index contributed by atoms with van der Waals surface area (Å²) in [6.45, 7) is 0. The molecule has 0 atom stereocenters. The van der Waals surface area contributed by atoms with Crippen molar-refractivity contribution in [3.05, 3.63) is 18.2 Å². The molecule has 0 unspecified atom stereocenters. The summed E-state index contributed by atoms with van der Waals surface area (Å²) in [7, 11) is 1.41. The number of methoxy groups -OCH3 is 1. The number of rotatable bonds is 3. The van der Waals surface area contributed by atoms with Gasteiger partial charge in [-0.15, -0.1) is 0 Å². The van der Waals surface area contributed by atoms with Crippen molar-refractivity contribution in [1.29, 1.82) is 0 Å². The van der Waals surface area contributed by atoms with Crippen LogP contribution in [0.1, 0.15) is 19.3 Å². The molecule has 0 aromatic carbocycles. The predicted octanol–water partition coefficient (Wildman–Crippen LogP) is 1.12. The van der Waals surface area contributed by atoms with Crippen molar-refractivity contribution in [3.8, 4) is 0 Å². The van der Waals surface area contributed by atoms with Crippen molar-refractivity contribution in [2.75, 3.05) is 12.4 Å². The molecule has 1 aromatic heterocycles. The van der Waals surface area contributed by atoms with Gasteiger partial charge in [0.25, 0.3) is 0 Å². The molecule has 1 heterocycles. The van der Waals surface area contributed by atoms with Crippen LogP contribution in [0, 0.1) is 11.2 Å². The number of nitrogens with one attached hydrogen (secondary N) is 1. The van der Waals surface area contributed by atoms with Crippen LogP contribution in [-0.2, 0) is 9.53 Å². The molecule has 3 aliphatic carbocycles. The number of ether oxygens (including phenoxy) is 1. The molecule has 0 aliphatic heterocycles. The first-order chi connectivity index (χ1) is 8.07. The summed E-state index contributed by atoms with van der Waals surface area (Å²) in [6.07, 6.45) is 4.47. The van der Waals surface area contributed by atoms with E-state index in [0.29, 0.717) is 5.95 Å². The molecule has 2 bridgehead atoms. The molecule has 6 heteroatoms. The van der Waals surface area contributed by atoms with Crippen LogP contribution in [0.15, 0.2) is 12.4 Å². The van der Waals surface area contributed by atoms with Gasteiger partial charge >= 0.3 is 5.97 Å². The van der Waals surface area contributed by atoms with Crippen LogP contribution >= 0.6 is 0 Å². The van der Waals surface area contributed by atoms with Crippen LogP contribution in [0.2, 0.25) is 0 Å². The Hall–Kier alpha value is -1.72. The number of carbonyl (C=O) groups is 1. The highest BCUT2D eigenvalue weighted by Gasteiger charge is 2.72. The fourth-order valence-electron chi connectivity index (χ4n) is 2.97. The molecule has 3 saturated carbocycles. The second-order valence-electron chi connectivity index (χ2n) is 4.93. The lowest BCUT2D eigenvalue weighted by molar-refractivity contribution is -0.190. The fourth-order valence-corrected chi connectivity index (χ4v) is 2.97. The lowest BCUT2D eigenvalue weighted by atomic mass is 9.39. The number of halogens is 1. The highest BCUT2D eigenvalue weighted by Crippen LogP contribution is 2.68. The quantitative estimate of drug-likeness (QED) is 0.798. The molecule has 90 valence electrons. The average molecular weight is 237 g/mol. The van der Waals surface area contributed by atoms with Crippen molar-refractivity contribution in [2.24, 2.45) is 5.41 Å². The monoisotopic (exact) mass is 237 g/mol. The number of anilines is 1. The Morgan fingerprint density at radius 3 is 2.53 bits per heavy atom. The van der Waals surface area contributed by atoms with Gasteiger partial charge in [0.15, 0.2) is 5.82 Å². The van der Waals surface area contributed by atoms with Gasteiger partial charge in [0, 0.05) is 5.54 Å². The minimum Gasteiger partial charge on any atom is -0.469 e. The van der Waals surface area contributed by atoms with Crippen LogP contribution in [-0.4, -0.2) is 28.6 Å². The van der Waals surface area contributed by atoms with E-state index in [-0.39, 0.29) is 16.9 Å². The normalized spacial score (nSPS) is 33.3. The minimum absolute atomic E-state index is 0.0913. The fraction of sp³-hybridized carbons (Fsp3) is 0.545. The highest BCUT2D eigenvalue weighted by molar-refractivity contribution is 5.82. The third-order valence-corrected chi connectivity index (χ3v) is 3.65. The minimum atomic E-state index is -0.459. The van der Waals surface area contributed by atoms with Crippen LogP contribution in [0.5, 0.6) is 0 Å². The van der Waals surface area contributed by atoms with Gasteiger partial charge in [0.05, 0.1) is 24.9 Å². The number of esters is 1. The molecule has 5 nitrogen and oxygen atoms in total. The Morgan fingerprint density at radius 1 is 1.41 bits per heavy atom. The first kappa shape index (κ1) is 10.4. The highest BCUT2D eigenvalue weighted by atomic mass is 19.1. The summed E-state index contributed by atoms with van der Waals surface area (Å²) in [6, 6.07) is 0. The molecule has 0 spiro atoms. The molecule has 1 aromatic rings. The lowest BCUT2D eigenvalue weighted by Crippen LogP contribution is -2.74. The Bertz CT molecular complexity index is 454. The van der Waals surface area contributed by atoms with E-state index < -0.39 is 5.82 Å². The molecular weight excluding hydrogens is 225 g/mol. The molecule has 0 amide bonds. The second kappa shape index (κ2) is 3.15. The van der Waals surface area contributed by atoms with E-state index in [0.717, 1.165) is 31.7 Å². The number of carbonyl (C=O) groups excluding carboxylic acids is 1. The zero-order valence-corrected chi connectivity index (χ0v) is 9.36. The second-order valence-corrected chi connectivity index (χ2v) is 4.93. The molecule has 3 aliphatic rings. The first-order valence-corrected chi connectivity index (χ1v) is 5.42. The van der Waals surface area contributed by atoms with Gasteiger partial charge in [-0.05, 0) is 19.3 Å². The van der Waals surface area contributed by atoms with Gasteiger partial charge in [-0.1, -0.05) is 0 Å². The number of nitrogens with zero attached hydrogens (tertiary/aromatic N) is 2. The summed E-state index contributed by atoms with van der Waals surface area (Å²) < 4.78 is 17.4. The predicted molar refractivity (Wildman–Crippen MR) is 56.6 cm³/mol. The van der Waals surface area contributed by atoms with Gasteiger partial charge in [0.1, 0.15) is 0 Å². The van der Waals surface area contributed by atoms with E-state index in [1.807, 2.05) is 0 Å². The van der Waals surface area contributed by atoms with E-state index >= 15 is 0 Å². The van der Waals surface area contributed by atoms with Gasteiger partial charge < -0.3 is 10.1 Å². The lowest BCUT2D eigenvalue weighted by Gasteiger charge is -2.68. The third-order valence-electron chi connectivity index (χ3n) is 3.65. The van der Waals surface area contributed by atoms with E-state index in [4.69, 9.17) is 4.74 Å². The SMILES string of the molecule is COC(=O)C12CC(Nc3ncc(F)cn3)(C1)C2. The summed E-state index contributed by atoms with van der Waals surface area (Å²) >= 11 is 0. The topological polar surface area (TPSA) is 64.1 Å². The zero-order valence-electron chi connectivity index (χ0n) is 9.36. The molecule has 17 heavy (non-hydrogen) atoms. The summed E-state index contributed by atoms with van der Waals surface area (Å²) in [5.41, 5.74) is -0.381. The van der Waals surface area contributed by atoms with E-state index in [9.17, 15) is 9.18 Å². The van der Waals surface area contributed by atoms with Crippen molar-refractivity contribution < 1.29 is 13.9 Å². The molecule has 0 radical (unpaired) electrons. The molecule has 3 fully saturated rings. The maximum Gasteiger partial charge on any atom is 0.312 e. The zero-order chi connectivity index (χ0) is 12.1. The van der Waals surface area contributed by atoms with Gasteiger partial charge in [-0.25, -0.2) is 14.4 Å². The summed E-state index contributed by atoms with van der Waals surface area (Å²) in [4.78, 5) is 19.2. The van der Waals surface area contributed by atoms with Crippen molar-refractivity contribution >= 4 is 11.9 Å². The molecule has 1 N–H and O–H groups in total. The van der Waals surface area contributed by atoms with Crippen LogP contribution in [0.25, 0.3) is 0 Å². The van der Waals surface area contributed by atoms with Gasteiger partial charge in [0.2, 0.25) is 5.95 Å². The van der Waals surface area contributed by atoms with E-state index in [1.54, 1.807) is 0 Å². The smallest absolute Gasteiger partial charge is 0.312 e. The third kappa shape index (κ3) is 1.40.